The van der Waals surface area contributed by atoms with Crippen molar-refractivity contribution >= 4 is 66.4 Å². The number of hydrogen-bond acceptors (Lipinski definition) is 5. The van der Waals surface area contributed by atoms with Gasteiger partial charge in [0.1, 0.15) is 0 Å². The summed E-state index contributed by atoms with van der Waals surface area (Å²) in [5.41, 5.74) is -0.0379. The van der Waals surface area contributed by atoms with Crippen molar-refractivity contribution in [1.29, 1.82) is 0 Å². The van der Waals surface area contributed by atoms with E-state index in [0.29, 0.717) is 18.2 Å². The molecule has 2 rings (SSSR count). The summed E-state index contributed by atoms with van der Waals surface area (Å²) in [6.07, 6.45) is 3.96. The Balaban J connectivity index is 0.00000364. The van der Waals surface area contributed by atoms with Crippen LogP contribution in [-0.4, -0.2) is 74.0 Å². The standard InChI is InChI=1S/C20H20O6.Ca.2H/c1-2-7-17(21)25-12-5-6-13-26-20(24)18-15-9-4-3-8-14(15)10-11-16(18)19(22)23;;;/h2-4,7-11H,5-6,12-13H2,1H3,(H,22,23);;;. The number of unbranched alkanes of at least 4 members (excludes halogenated alkanes) is 1. The van der Waals surface area contributed by atoms with Gasteiger partial charge in [-0.15, -0.1) is 0 Å². The number of aromatic carboxylic acids is 1. The molecule has 0 spiro atoms. The van der Waals surface area contributed by atoms with Crippen LogP contribution in [0.4, 0.5) is 0 Å². The van der Waals surface area contributed by atoms with Gasteiger partial charge in [-0.3, -0.25) is 0 Å². The summed E-state index contributed by atoms with van der Waals surface area (Å²) < 4.78 is 10.2. The van der Waals surface area contributed by atoms with Gasteiger partial charge >= 0.3 is 55.6 Å². The van der Waals surface area contributed by atoms with Gasteiger partial charge in [0, 0.05) is 6.08 Å². The van der Waals surface area contributed by atoms with E-state index in [1.807, 2.05) is 6.07 Å². The zero-order chi connectivity index (χ0) is 18.9. The van der Waals surface area contributed by atoms with E-state index in [4.69, 9.17) is 9.47 Å². The molecule has 0 heterocycles. The predicted molar refractivity (Wildman–Crippen MR) is 105 cm³/mol. The molecule has 0 unspecified atom stereocenters. The molecule has 2 aromatic carbocycles. The van der Waals surface area contributed by atoms with E-state index in [1.54, 1.807) is 37.3 Å². The Morgan fingerprint density at radius 2 is 1.67 bits per heavy atom. The van der Waals surface area contributed by atoms with Crippen LogP contribution < -0.4 is 0 Å². The number of fused-ring (bicyclic) bond motifs is 1. The van der Waals surface area contributed by atoms with Gasteiger partial charge in [0.2, 0.25) is 0 Å². The van der Waals surface area contributed by atoms with Crippen molar-refractivity contribution in [2.45, 2.75) is 19.8 Å². The number of carboxylic acids is 1. The van der Waals surface area contributed by atoms with Gasteiger partial charge in [-0.1, -0.05) is 36.4 Å². The minimum absolute atomic E-state index is 0. The third-order valence-electron chi connectivity index (χ3n) is 3.68. The molecule has 1 N–H and O–H groups in total. The summed E-state index contributed by atoms with van der Waals surface area (Å²) in [5.74, 6) is -2.27. The number of hydrogen-bond donors (Lipinski definition) is 1. The molecular weight excluding hydrogens is 376 g/mol. The Morgan fingerprint density at radius 3 is 2.33 bits per heavy atom. The Hall–Kier alpha value is -1.89. The molecule has 0 radical (unpaired) electrons. The van der Waals surface area contributed by atoms with Gasteiger partial charge in [0.25, 0.3) is 0 Å². The average Bonchev–Trinajstić information content (AvgIpc) is 2.63. The third kappa shape index (κ3) is 6.65. The fourth-order valence-electron chi connectivity index (χ4n) is 2.47. The average molecular weight is 398 g/mol. The Kier molecular flexibility index (Phi) is 10.1. The number of carboxylic acid groups (broad SMARTS) is 1. The SMILES string of the molecule is CC=CC(=O)OCCCCOC(=O)c1c(C(=O)O)ccc2ccccc12.[CaH2]. The molecule has 0 aliphatic heterocycles. The Morgan fingerprint density at radius 1 is 1.00 bits per heavy atom. The fourth-order valence-corrected chi connectivity index (χ4v) is 2.47. The zero-order valence-corrected chi connectivity index (χ0v) is 14.4. The second kappa shape index (κ2) is 11.7. The van der Waals surface area contributed by atoms with Crippen LogP contribution in [0.2, 0.25) is 0 Å². The molecule has 27 heavy (non-hydrogen) atoms. The first kappa shape index (κ1) is 23.1. The van der Waals surface area contributed by atoms with E-state index >= 15 is 0 Å². The second-order valence-corrected chi connectivity index (χ2v) is 5.52. The molecule has 0 aliphatic carbocycles. The van der Waals surface area contributed by atoms with Gasteiger partial charge in [-0.25, -0.2) is 14.4 Å². The molecule has 140 valence electrons. The first-order valence-electron chi connectivity index (χ1n) is 8.26. The van der Waals surface area contributed by atoms with E-state index < -0.39 is 17.9 Å². The summed E-state index contributed by atoms with van der Waals surface area (Å²) >= 11 is 0. The Bertz CT molecular complexity index is 843. The predicted octanol–water partition coefficient (Wildman–Crippen LogP) is 2.68. The first-order chi connectivity index (χ1) is 12.5. The van der Waals surface area contributed by atoms with Crippen LogP contribution >= 0.6 is 0 Å². The van der Waals surface area contributed by atoms with Crippen molar-refractivity contribution in [2.24, 2.45) is 0 Å². The van der Waals surface area contributed by atoms with E-state index in [-0.39, 0.29) is 62.1 Å². The first-order valence-corrected chi connectivity index (χ1v) is 8.26. The number of carbonyl (C=O) groups is 3. The normalized spacial score (nSPS) is 10.4. The molecular formula is C20H22CaO6. The fraction of sp³-hybridized carbons (Fsp3) is 0.250. The van der Waals surface area contributed by atoms with Gasteiger partial charge in [0.05, 0.1) is 24.3 Å². The maximum absolute atomic E-state index is 12.4. The van der Waals surface area contributed by atoms with Crippen LogP contribution in [0.15, 0.2) is 48.6 Å². The van der Waals surface area contributed by atoms with Crippen LogP contribution in [-0.2, 0) is 14.3 Å². The van der Waals surface area contributed by atoms with Crippen molar-refractivity contribution in [3.05, 3.63) is 59.7 Å². The molecule has 6 nitrogen and oxygen atoms in total. The monoisotopic (exact) mass is 398 g/mol. The molecule has 0 atom stereocenters. The van der Waals surface area contributed by atoms with Crippen molar-refractivity contribution in [2.75, 3.05) is 13.2 Å². The molecule has 0 fully saturated rings. The quantitative estimate of drug-likeness (QED) is 0.318. The van der Waals surface area contributed by atoms with Crippen LogP contribution in [0, 0.1) is 0 Å². The van der Waals surface area contributed by atoms with Gasteiger partial charge in [-0.05, 0) is 36.6 Å². The molecule has 0 bridgehead atoms. The molecule has 0 amide bonds. The third-order valence-corrected chi connectivity index (χ3v) is 3.68. The van der Waals surface area contributed by atoms with Gasteiger partial charge < -0.3 is 14.6 Å². The van der Waals surface area contributed by atoms with Gasteiger partial charge in [0.15, 0.2) is 0 Å². The van der Waals surface area contributed by atoms with E-state index in [1.165, 1.54) is 12.1 Å². The number of esters is 2. The number of ether oxygens (including phenoxy) is 2. The summed E-state index contributed by atoms with van der Waals surface area (Å²) in [6, 6.07) is 10.1. The molecule has 0 aromatic heterocycles. The van der Waals surface area contributed by atoms with E-state index in [0.717, 1.165) is 5.39 Å². The molecule has 0 saturated heterocycles. The van der Waals surface area contributed by atoms with Crippen molar-refractivity contribution in [1.82, 2.24) is 0 Å². The van der Waals surface area contributed by atoms with Crippen LogP contribution in [0.25, 0.3) is 10.8 Å². The molecule has 7 heteroatoms. The van der Waals surface area contributed by atoms with Crippen LogP contribution in [0.5, 0.6) is 0 Å². The second-order valence-electron chi connectivity index (χ2n) is 5.52. The van der Waals surface area contributed by atoms with E-state index in [9.17, 15) is 19.5 Å². The Labute approximate surface area is 187 Å². The minimum atomic E-state index is -1.18. The van der Waals surface area contributed by atoms with E-state index in [2.05, 4.69) is 0 Å². The van der Waals surface area contributed by atoms with Crippen LogP contribution in [0.1, 0.15) is 40.5 Å². The maximum atomic E-state index is 12.4. The number of carbonyl (C=O) groups excluding carboxylic acids is 2. The zero-order valence-electron chi connectivity index (χ0n) is 14.4. The summed E-state index contributed by atoms with van der Waals surface area (Å²) in [7, 11) is 0. The van der Waals surface area contributed by atoms with Crippen LogP contribution in [0.3, 0.4) is 0 Å². The molecule has 0 saturated carbocycles. The number of benzene rings is 2. The van der Waals surface area contributed by atoms with Crippen molar-refractivity contribution < 1.29 is 29.0 Å². The van der Waals surface area contributed by atoms with Crippen molar-refractivity contribution in [3.63, 3.8) is 0 Å². The van der Waals surface area contributed by atoms with Crippen molar-refractivity contribution in [3.8, 4) is 0 Å². The summed E-state index contributed by atoms with van der Waals surface area (Å²) in [6.45, 7) is 2.07. The van der Waals surface area contributed by atoms with Gasteiger partial charge in [-0.2, -0.15) is 0 Å². The summed E-state index contributed by atoms with van der Waals surface area (Å²) in [4.78, 5) is 35.0. The molecule has 2 aromatic rings. The summed E-state index contributed by atoms with van der Waals surface area (Å²) in [5, 5.41) is 10.7. The number of rotatable bonds is 8. The molecule has 0 aliphatic rings. The topological polar surface area (TPSA) is 89.9 Å². The number of allylic oxidation sites excluding steroid dienone is 1.